The van der Waals surface area contributed by atoms with Crippen molar-refractivity contribution in [1.29, 1.82) is 0 Å². The molecule has 0 bridgehead atoms. The first-order chi connectivity index (χ1) is 8.89. The number of nitrogens with zero attached hydrogens (tertiary/aromatic N) is 1. The van der Waals surface area contributed by atoms with Gasteiger partial charge in [0.1, 0.15) is 9.84 Å². The highest BCUT2D eigenvalue weighted by atomic mass is 127. The summed E-state index contributed by atoms with van der Waals surface area (Å²) in [6.07, 6.45) is 2.23. The van der Waals surface area contributed by atoms with Crippen LogP contribution in [-0.4, -0.2) is 58.7 Å². The largest absolute Gasteiger partial charge is 0.378 e. The van der Waals surface area contributed by atoms with Crippen LogP contribution in [0.5, 0.6) is 0 Å². The molecule has 2 N–H and O–H groups in total. The van der Waals surface area contributed by atoms with Gasteiger partial charge >= 0.3 is 0 Å². The first-order valence-electron chi connectivity index (χ1n) is 6.69. The summed E-state index contributed by atoms with van der Waals surface area (Å²) in [6.45, 7) is 8.17. The SMILES string of the molecule is CCNC(=NCCOCCS(C)(=O)=O)NC(C)CC.I. The number of sulfone groups is 1. The van der Waals surface area contributed by atoms with Gasteiger partial charge in [-0.25, -0.2) is 8.42 Å². The van der Waals surface area contributed by atoms with Crippen molar-refractivity contribution in [1.82, 2.24) is 10.6 Å². The topological polar surface area (TPSA) is 79.8 Å². The Morgan fingerprint density at radius 2 is 1.95 bits per heavy atom. The molecule has 0 aromatic carbocycles. The lowest BCUT2D eigenvalue weighted by molar-refractivity contribution is 0.157. The molecule has 0 saturated carbocycles. The Hall–Kier alpha value is -0.0900. The van der Waals surface area contributed by atoms with Crippen LogP contribution < -0.4 is 10.6 Å². The highest BCUT2D eigenvalue weighted by Crippen LogP contribution is 1.88. The summed E-state index contributed by atoms with van der Waals surface area (Å²) < 4.78 is 27.0. The van der Waals surface area contributed by atoms with Crippen LogP contribution in [0.25, 0.3) is 0 Å². The molecule has 20 heavy (non-hydrogen) atoms. The van der Waals surface area contributed by atoms with Crippen LogP contribution in [0.15, 0.2) is 4.99 Å². The molecule has 6 nitrogen and oxygen atoms in total. The Morgan fingerprint density at radius 3 is 2.45 bits per heavy atom. The zero-order valence-electron chi connectivity index (χ0n) is 12.8. The van der Waals surface area contributed by atoms with Gasteiger partial charge in [-0.1, -0.05) is 6.92 Å². The lowest BCUT2D eigenvalue weighted by atomic mass is 10.3. The zero-order valence-corrected chi connectivity index (χ0v) is 16.0. The Bertz CT molecular complexity index is 361. The number of aliphatic imine (C=N–C) groups is 1. The molecular weight excluding hydrogens is 393 g/mol. The molecule has 0 radical (unpaired) electrons. The van der Waals surface area contributed by atoms with E-state index in [1.807, 2.05) is 6.92 Å². The Labute approximate surface area is 140 Å². The van der Waals surface area contributed by atoms with Crippen LogP contribution >= 0.6 is 24.0 Å². The van der Waals surface area contributed by atoms with Crippen molar-refractivity contribution < 1.29 is 13.2 Å². The zero-order chi connectivity index (χ0) is 14.7. The summed E-state index contributed by atoms with van der Waals surface area (Å²) in [5.41, 5.74) is 0. The van der Waals surface area contributed by atoms with Gasteiger partial charge in [0.25, 0.3) is 0 Å². The van der Waals surface area contributed by atoms with E-state index in [0.29, 0.717) is 19.2 Å². The minimum absolute atomic E-state index is 0. The highest BCUT2D eigenvalue weighted by molar-refractivity contribution is 14.0. The molecule has 0 aromatic rings. The van der Waals surface area contributed by atoms with E-state index in [1.54, 1.807) is 0 Å². The third kappa shape index (κ3) is 14.3. The molecule has 0 aliphatic heterocycles. The summed E-state index contributed by atoms with van der Waals surface area (Å²) in [7, 11) is -2.94. The second kappa shape index (κ2) is 12.6. The maximum Gasteiger partial charge on any atom is 0.191 e. The van der Waals surface area contributed by atoms with E-state index in [2.05, 4.69) is 29.5 Å². The summed E-state index contributed by atoms with van der Waals surface area (Å²) in [5, 5.41) is 6.42. The maximum atomic E-state index is 10.9. The molecule has 0 aliphatic carbocycles. The first-order valence-corrected chi connectivity index (χ1v) is 8.75. The predicted molar refractivity (Wildman–Crippen MR) is 94.8 cm³/mol. The molecule has 8 heteroatoms. The molecule has 1 unspecified atom stereocenters. The van der Waals surface area contributed by atoms with Gasteiger partial charge in [-0.3, -0.25) is 4.99 Å². The summed E-state index contributed by atoms with van der Waals surface area (Å²) >= 11 is 0. The highest BCUT2D eigenvalue weighted by Gasteiger charge is 2.03. The molecule has 0 saturated heterocycles. The third-order valence-electron chi connectivity index (χ3n) is 2.44. The molecule has 0 aromatic heterocycles. The van der Waals surface area contributed by atoms with Crippen LogP contribution in [0, 0.1) is 0 Å². The number of guanidine groups is 1. The lowest BCUT2D eigenvalue weighted by Crippen LogP contribution is -2.42. The molecule has 0 rings (SSSR count). The minimum atomic E-state index is -2.94. The number of hydrogen-bond donors (Lipinski definition) is 2. The molecule has 0 spiro atoms. The number of halogens is 1. The normalized spacial score (nSPS) is 13.5. The Balaban J connectivity index is 0. The molecule has 0 aliphatic rings. The molecule has 1 atom stereocenters. The monoisotopic (exact) mass is 421 g/mol. The first kappa shape index (κ1) is 22.2. The second-order valence-electron chi connectivity index (χ2n) is 4.46. The van der Waals surface area contributed by atoms with Gasteiger partial charge in [0, 0.05) is 18.8 Å². The van der Waals surface area contributed by atoms with Crippen molar-refractivity contribution in [2.45, 2.75) is 33.2 Å². The average Bonchev–Trinajstić information content (AvgIpc) is 2.32. The fourth-order valence-corrected chi connectivity index (χ4v) is 1.61. The van der Waals surface area contributed by atoms with Gasteiger partial charge in [-0.05, 0) is 20.3 Å². The molecular formula is C12H28IN3O3S. The Kier molecular flexibility index (Phi) is 14.0. The summed E-state index contributed by atoms with van der Waals surface area (Å²) in [5.74, 6) is 0.825. The fraction of sp³-hybridized carbons (Fsp3) is 0.917. The van der Waals surface area contributed by atoms with Crippen molar-refractivity contribution in [3.05, 3.63) is 0 Å². The van der Waals surface area contributed by atoms with Crippen LogP contribution in [0.2, 0.25) is 0 Å². The van der Waals surface area contributed by atoms with Gasteiger partial charge in [-0.15, -0.1) is 24.0 Å². The van der Waals surface area contributed by atoms with Crippen molar-refractivity contribution >= 4 is 39.8 Å². The lowest BCUT2D eigenvalue weighted by Gasteiger charge is -2.16. The van der Waals surface area contributed by atoms with Crippen molar-refractivity contribution in [2.24, 2.45) is 4.99 Å². The standard InChI is InChI=1S/C12H27N3O3S.HI/c1-5-11(3)15-12(13-6-2)14-7-8-18-9-10-19(4,16)17;/h11H,5-10H2,1-4H3,(H2,13,14,15);1H. The third-order valence-corrected chi connectivity index (χ3v) is 3.35. The average molecular weight is 421 g/mol. The van der Waals surface area contributed by atoms with E-state index in [4.69, 9.17) is 4.74 Å². The van der Waals surface area contributed by atoms with E-state index in [9.17, 15) is 8.42 Å². The van der Waals surface area contributed by atoms with Gasteiger partial charge < -0.3 is 15.4 Å². The maximum absolute atomic E-state index is 10.9. The van der Waals surface area contributed by atoms with Crippen LogP contribution in [0.3, 0.4) is 0 Å². The van der Waals surface area contributed by atoms with E-state index < -0.39 is 9.84 Å². The van der Waals surface area contributed by atoms with Crippen molar-refractivity contribution in [3.63, 3.8) is 0 Å². The van der Waals surface area contributed by atoms with E-state index in [-0.39, 0.29) is 36.3 Å². The number of nitrogens with one attached hydrogen (secondary N) is 2. The van der Waals surface area contributed by atoms with Gasteiger partial charge in [0.05, 0.1) is 25.5 Å². The van der Waals surface area contributed by atoms with E-state index in [1.165, 1.54) is 6.26 Å². The quantitative estimate of drug-likeness (QED) is 0.252. The molecule has 0 amide bonds. The van der Waals surface area contributed by atoms with Gasteiger partial charge in [0.2, 0.25) is 0 Å². The predicted octanol–water partition coefficient (Wildman–Crippen LogP) is 1.02. The molecule has 0 heterocycles. The van der Waals surface area contributed by atoms with Crippen molar-refractivity contribution in [3.8, 4) is 0 Å². The van der Waals surface area contributed by atoms with Crippen LogP contribution in [0.4, 0.5) is 0 Å². The van der Waals surface area contributed by atoms with Crippen LogP contribution in [0.1, 0.15) is 27.2 Å². The van der Waals surface area contributed by atoms with Crippen LogP contribution in [-0.2, 0) is 14.6 Å². The number of rotatable bonds is 9. The van der Waals surface area contributed by atoms with Gasteiger partial charge in [-0.2, -0.15) is 0 Å². The fourth-order valence-electron chi connectivity index (χ4n) is 1.19. The van der Waals surface area contributed by atoms with E-state index in [0.717, 1.165) is 18.9 Å². The second-order valence-corrected chi connectivity index (χ2v) is 6.72. The Morgan fingerprint density at radius 1 is 1.30 bits per heavy atom. The van der Waals surface area contributed by atoms with E-state index >= 15 is 0 Å². The minimum Gasteiger partial charge on any atom is -0.378 e. The number of ether oxygens (including phenoxy) is 1. The van der Waals surface area contributed by atoms with Gasteiger partial charge in [0.15, 0.2) is 5.96 Å². The number of hydrogen-bond acceptors (Lipinski definition) is 4. The summed E-state index contributed by atoms with van der Waals surface area (Å²) in [6, 6.07) is 0.365. The van der Waals surface area contributed by atoms with Crippen molar-refractivity contribution in [2.75, 3.05) is 38.3 Å². The summed E-state index contributed by atoms with van der Waals surface area (Å²) in [4.78, 5) is 4.36. The molecule has 122 valence electrons. The molecule has 0 fully saturated rings. The smallest absolute Gasteiger partial charge is 0.191 e.